The van der Waals surface area contributed by atoms with Crippen LogP contribution < -0.4 is 5.73 Å². The van der Waals surface area contributed by atoms with Crippen molar-refractivity contribution in [3.63, 3.8) is 0 Å². The summed E-state index contributed by atoms with van der Waals surface area (Å²) in [6.45, 7) is 4.37. The second-order valence-electron chi connectivity index (χ2n) is 4.61. The lowest BCUT2D eigenvalue weighted by Gasteiger charge is -2.18. The molecule has 1 heterocycles. The first kappa shape index (κ1) is 11.0. The Morgan fingerprint density at radius 3 is 2.62 bits per heavy atom. The van der Waals surface area contributed by atoms with E-state index in [0.717, 1.165) is 12.0 Å². The molecule has 0 saturated carbocycles. The van der Waals surface area contributed by atoms with Crippen molar-refractivity contribution in [1.82, 2.24) is 0 Å². The van der Waals surface area contributed by atoms with Crippen LogP contribution in [0.15, 0.2) is 35.3 Å². The molecule has 0 saturated heterocycles. The van der Waals surface area contributed by atoms with Crippen molar-refractivity contribution < 1.29 is 4.74 Å². The van der Waals surface area contributed by atoms with Crippen molar-refractivity contribution in [1.29, 1.82) is 0 Å². The zero-order chi connectivity index (χ0) is 11.5. The van der Waals surface area contributed by atoms with Crippen LogP contribution in [0.3, 0.4) is 0 Å². The van der Waals surface area contributed by atoms with Gasteiger partial charge in [-0.15, -0.1) is 0 Å². The van der Waals surface area contributed by atoms with E-state index in [0.29, 0.717) is 11.9 Å². The minimum absolute atomic E-state index is 0.0106. The lowest BCUT2D eigenvalue weighted by molar-refractivity contribution is 0.182. The van der Waals surface area contributed by atoms with Gasteiger partial charge >= 0.3 is 0 Å². The second-order valence-corrected chi connectivity index (χ2v) is 4.61. The number of hydrogen-bond donors (Lipinski definition) is 1. The molecular formula is C13H18N2O. The quantitative estimate of drug-likeness (QED) is 0.847. The van der Waals surface area contributed by atoms with Crippen molar-refractivity contribution in [2.45, 2.75) is 32.4 Å². The molecule has 1 aromatic rings. The molecule has 2 rings (SSSR count). The molecule has 2 atom stereocenters. The first-order valence-corrected chi connectivity index (χ1v) is 5.71. The summed E-state index contributed by atoms with van der Waals surface area (Å²) in [7, 11) is 0. The largest absolute Gasteiger partial charge is 0.455 e. The number of nitrogens with two attached hydrogens (primary N) is 1. The van der Waals surface area contributed by atoms with E-state index < -0.39 is 0 Å². The highest BCUT2D eigenvalue weighted by molar-refractivity contribution is 5.73. The first-order valence-electron chi connectivity index (χ1n) is 5.71. The molecule has 0 radical (unpaired) electrons. The van der Waals surface area contributed by atoms with Gasteiger partial charge in [-0.1, -0.05) is 44.2 Å². The fourth-order valence-electron chi connectivity index (χ4n) is 2.06. The molecule has 2 N–H and O–H groups in total. The summed E-state index contributed by atoms with van der Waals surface area (Å²) in [5, 5.41) is 0. The van der Waals surface area contributed by atoms with Gasteiger partial charge in [0.15, 0.2) is 0 Å². The van der Waals surface area contributed by atoms with Crippen molar-refractivity contribution in [3.05, 3.63) is 35.9 Å². The molecule has 0 bridgehead atoms. The van der Waals surface area contributed by atoms with Gasteiger partial charge in [0.1, 0.15) is 6.10 Å². The maximum absolute atomic E-state index is 5.66. The van der Waals surface area contributed by atoms with Crippen LogP contribution in [-0.2, 0) is 4.74 Å². The Balaban J connectivity index is 2.16. The van der Waals surface area contributed by atoms with E-state index in [-0.39, 0.29) is 12.1 Å². The second kappa shape index (κ2) is 4.56. The van der Waals surface area contributed by atoms with Gasteiger partial charge < -0.3 is 10.5 Å². The van der Waals surface area contributed by atoms with Gasteiger partial charge in [-0.3, -0.25) is 0 Å². The van der Waals surface area contributed by atoms with Gasteiger partial charge in [0.05, 0.1) is 6.04 Å². The molecule has 1 aliphatic rings. The number of amidine groups is 1. The van der Waals surface area contributed by atoms with Crippen LogP contribution in [0.1, 0.15) is 31.9 Å². The highest BCUT2D eigenvalue weighted by Gasteiger charge is 2.31. The van der Waals surface area contributed by atoms with E-state index in [1.807, 2.05) is 18.2 Å². The smallest absolute Gasteiger partial charge is 0.283 e. The Morgan fingerprint density at radius 1 is 1.31 bits per heavy atom. The summed E-state index contributed by atoms with van der Waals surface area (Å²) in [4.78, 5) is 4.36. The minimum atomic E-state index is -0.0106. The Bertz CT molecular complexity index is 373. The highest BCUT2D eigenvalue weighted by atomic mass is 16.5. The standard InChI is InChI=1S/C13H18N2O/c1-9(2)8-11-12(16-13(14)15-11)10-6-4-3-5-7-10/h3-7,9,11-12H,8H2,1-2H3,(H2,14,15). The molecule has 2 unspecified atom stereocenters. The molecule has 1 aliphatic heterocycles. The summed E-state index contributed by atoms with van der Waals surface area (Å²) in [5.74, 6) is 0.592. The van der Waals surface area contributed by atoms with Crippen LogP contribution in [0, 0.1) is 5.92 Å². The molecule has 16 heavy (non-hydrogen) atoms. The zero-order valence-electron chi connectivity index (χ0n) is 9.76. The predicted molar refractivity (Wildman–Crippen MR) is 65.1 cm³/mol. The van der Waals surface area contributed by atoms with E-state index in [9.17, 15) is 0 Å². The van der Waals surface area contributed by atoms with Crippen molar-refractivity contribution >= 4 is 6.02 Å². The van der Waals surface area contributed by atoms with Gasteiger partial charge in [-0.05, 0) is 17.9 Å². The van der Waals surface area contributed by atoms with Gasteiger partial charge in [0.25, 0.3) is 6.02 Å². The van der Waals surface area contributed by atoms with Crippen LogP contribution in [-0.4, -0.2) is 12.1 Å². The number of rotatable bonds is 3. The lowest BCUT2D eigenvalue weighted by Crippen LogP contribution is -2.17. The van der Waals surface area contributed by atoms with Crippen LogP contribution >= 0.6 is 0 Å². The third-order valence-corrected chi connectivity index (χ3v) is 2.73. The number of ether oxygens (including phenoxy) is 1. The van der Waals surface area contributed by atoms with Gasteiger partial charge in [-0.2, -0.15) is 0 Å². The normalized spacial score (nSPS) is 24.3. The summed E-state index contributed by atoms with van der Waals surface area (Å²) >= 11 is 0. The van der Waals surface area contributed by atoms with Crippen molar-refractivity contribution in [2.75, 3.05) is 0 Å². The summed E-state index contributed by atoms with van der Waals surface area (Å²) in [6.07, 6.45) is 0.990. The van der Waals surface area contributed by atoms with E-state index >= 15 is 0 Å². The molecule has 0 fully saturated rings. The fourth-order valence-corrected chi connectivity index (χ4v) is 2.06. The Hall–Kier alpha value is -1.51. The third-order valence-electron chi connectivity index (χ3n) is 2.73. The molecule has 3 nitrogen and oxygen atoms in total. The van der Waals surface area contributed by atoms with E-state index in [2.05, 4.69) is 31.0 Å². The SMILES string of the molecule is CC(C)CC1N=C(N)OC1c1ccccc1. The topological polar surface area (TPSA) is 47.6 Å². The first-order chi connectivity index (χ1) is 7.66. The molecule has 3 heteroatoms. The van der Waals surface area contributed by atoms with Gasteiger partial charge in [0, 0.05) is 0 Å². The highest BCUT2D eigenvalue weighted by Crippen LogP contribution is 2.31. The summed E-state index contributed by atoms with van der Waals surface area (Å²) in [5.41, 5.74) is 6.81. The Labute approximate surface area is 96.3 Å². The van der Waals surface area contributed by atoms with Gasteiger partial charge in [0.2, 0.25) is 0 Å². The molecule has 0 aromatic heterocycles. The summed E-state index contributed by atoms with van der Waals surface area (Å²) < 4.78 is 5.59. The maximum atomic E-state index is 5.66. The fraction of sp³-hybridized carbons (Fsp3) is 0.462. The third kappa shape index (κ3) is 2.35. The van der Waals surface area contributed by atoms with Crippen LogP contribution in [0.25, 0.3) is 0 Å². The lowest BCUT2D eigenvalue weighted by atomic mass is 9.95. The average Bonchev–Trinajstić information content (AvgIpc) is 2.60. The molecule has 86 valence electrons. The molecular weight excluding hydrogens is 200 g/mol. The van der Waals surface area contributed by atoms with E-state index in [1.165, 1.54) is 0 Å². The molecule has 0 spiro atoms. The van der Waals surface area contributed by atoms with E-state index in [4.69, 9.17) is 10.5 Å². The van der Waals surface area contributed by atoms with Crippen LogP contribution in [0.2, 0.25) is 0 Å². The number of nitrogens with zero attached hydrogens (tertiary/aromatic N) is 1. The number of hydrogen-bond acceptors (Lipinski definition) is 3. The molecule has 0 aliphatic carbocycles. The van der Waals surface area contributed by atoms with Crippen LogP contribution in [0.4, 0.5) is 0 Å². The molecule has 1 aromatic carbocycles. The zero-order valence-corrected chi connectivity index (χ0v) is 9.76. The van der Waals surface area contributed by atoms with Crippen molar-refractivity contribution in [3.8, 4) is 0 Å². The Kier molecular flexibility index (Phi) is 3.13. The predicted octanol–water partition coefficient (Wildman–Crippen LogP) is 2.49. The van der Waals surface area contributed by atoms with Crippen molar-refractivity contribution in [2.24, 2.45) is 16.6 Å². The Morgan fingerprint density at radius 2 is 2.00 bits per heavy atom. The summed E-state index contributed by atoms with van der Waals surface area (Å²) in [6, 6.07) is 10.6. The monoisotopic (exact) mass is 218 g/mol. The number of benzene rings is 1. The average molecular weight is 218 g/mol. The maximum Gasteiger partial charge on any atom is 0.283 e. The van der Waals surface area contributed by atoms with Crippen LogP contribution in [0.5, 0.6) is 0 Å². The molecule has 0 amide bonds. The number of aliphatic imine (C=N–C) groups is 1. The minimum Gasteiger partial charge on any atom is -0.455 e. The van der Waals surface area contributed by atoms with Gasteiger partial charge in [-0.25, -0.2) is 4.99 Å². The van der Waals surface area contributed by atoms with E-state index in [1.54, 1.807) is 0 Å².